The van der Waals surface area contributed by atoms with Crippen molar-refractivity contribution in [3.63, 3.8) is 0 Å². The van der Waals surface area contributed by atoms with Gasteiger partial charge in [0.2, 0.25) is 5.91 Å². The van der Waals surface area contributed by atoms with E-state index in [1.54, 1.807) is 0 Å². The van der Waals surface area contributed by atoms with Crippen molar-refractivity contribution in [3.05, 3.63) is 89.5 Å². The molecule has 5 rings (SSSR count). The molecule has 1 fully saturated rings. The minimum absolute atomic E-state index is 0.186. The number of rotatable bonds is 2. The Hall–Kier alpha value is -3.60. The molecule has 1 amide bonds. The molecular formula is C27H27N3O2. The smallest absolute Gasteiger partial charge is 0.227 e. The maximum absolute atomic E-state index is 12.9. The molecule has 2 aliphatic rings. The van der Waals surface area contributed by atoms with Gasteiger partial charge in [0, 0.05) is 26.2 Å². The fourth-order valence-electron chi connectivity index (χ4n) is 4.33. The lowest BCUT2D eigenvalue weighted by Gasteiger charge is -2.25. The zero-order valence-electron chi connectivity index (χ0n) is 18.3. The second-order valence-electron chi connectivity index (χ2n) is 8.39. The predicted molar refractivity (Wildman–Crippen MR) is 127 cm³/mol. The molecule has 0 N–H and O–H groups in total. The molecule has 0 radical (unpaired) electrons. The van der Waals surface area contributed by atoms with Crippen LogP contribution in [0, 0.1) is 6.92 Å². The molecule has 0 saturated carbocycles. The summed E-state index contributed by atoms with van der Waals surface area (Å²) in [6.45, 7) is 5.11. The zero-order valence-corrected chi connectivity index (χ0v) is 18.3. The number of carbonyl (C=O) groups excluding carboxylic acids is 1. The van der Waals surface area contributed by atoms with Crippen LogP contribution in [0.2, 0.25) is 0 Å². The van der Waals surface area contributed by atoms with Crippen molar-refractivity contribution < 1.29 is 9.53 Å². The maximum Gasteiger partial charge on any atom is 0.227 e. The van der Waals surface area contributed by atoms with Crippen LogP contribution in [0.4, 0.5) is 5.69 Å². The third-order valence-electron chi connectivity index (χ3n) is 6.04. The Morgan fingerprint density at radius 2 is 1.72 bits per heavy atom. The number of hydrogen-bond donors (Lipinski definition) is 0. The zero-order chi connectivity index (χ0) is 21.9. The van der Waals surface area contributed by atoms with Crippen LogP contribution in [0.3, 0.4) is 0 Å². The van der Waals surface area contributed by atoms with E-state index in [2.05, 4.69) is 24.0 Å². The molecule has 1 saturated heterocycles. The average Bonchev–Trinajstić information content (AvgIpc) is 3.14. The minimum atomic E-state index is 0.186. The number of ether oxygens (including phenoxy) is 1. The highest BCUT2D eigenvalue weighted by Gasteiger charge is 2.26. The van der Waals surface area contributed by atoms with Gasteiger partial charge < -0.3 is 14.5 Å². The molecule has 0 atom stereocenters. The van der Waals surface area contributed by atoms with Crippen LogP contribution in [0.15, 0.2) is 77.8 Å². The summed E-state index contributed by atoms with van der Waals surface area (Å²) in [4.78, 5) is 22.2. The van der Waals surface area contributed by atoms with Gasteiger partial charge in [0.1, 0.15) is 17.3 Å². The highest BCUT2D eigenvalue weighted by molar-refractivity contribution is 6.03. The van der Waals surface area contributed by atoms with Crippen molar-refractivity contribution in [2.45, 2.75) is 19.8 Å². The van der Waals surface area contributed by atoms with Crippen molar-refractivity contribution in [3.8, 4) is 11.5 Å². The number of aryl methyl sites for hydroxylation is 1. The normalized spacial score (nSPS) is 15.6. The van der Waals surface area contributed by atoms with Gasteiger partial charge in [-0.3, -0.25) is 4.79 Å². The first-order valence-electron chi connectivity index (χ1n) is 11.2. The van der Waals surface area contributed by atoms with Crippen LogP contribution in [-0.4, -0.2) is 47.7 Å². The van der Waals surface area contributed by atoms with Crippen LogP contribution < -0.4 is 4.74 Å². The SMILES string of the molecule is Cc1ccc2c(c1)Oc1ccccc1C(N1CCCN(C(=O)Cc3ccccc3)CC1)=N2. The van der Waals surface area contributed by atoms with E-state index in [0.717, 1.165) is 65.8 Å². The number of fused-ring (bicyclic) bond motifs is 2. The molecule has 0 spiro atoms. The van der Waals surface area contributed by atoms with Gasteiger partial charge in [0.05, 0.1) is 12.0 Å². The third-order valence-corrected chi connectivity index (χ3v) is 6.04. The fraction of sp³-hybridized carbons (Fsp3) is 0.259. The molecule has 0 bridgehead atoms. The highest BCUT2D eigenvalue weighted by atomic mass is 16.5. The van der Waals surface area contributed by atoms with Gasteiger partial charge >= 0.3 is 0 Å². The lowest BCUT2D eigenvalue weighted by Crippen LogP contribution is -2.38. The maximum atomic E-state index is 12.9. The van der Waals surface area contributed by atoms with E-state index in [0.29, 0.717) is 13.0 Å². The van der Waals surface area contributed by atoms with Gasteiger partial charge in [-0.25, -0.2) is 4.99 Å². The molecule has 0 aliphatic carbocycles. The molecular weight excluding hydrogens is 398 g/mol. The standard InChI is InChI=1S/C27H27N3O2/c1-20-12-13-23-25(18-20)32-24-11-6-5-10-22(24)27(28-23)30-15-7-14-29(16-17-30)26(31)19-21-8-3-2-4-9-21/h2-6,8-13,18H,7,14-17,19H2,1H3. The molecule has 0 aromatic heterocycles. The van der Waals surface area contributed by atoms with E-state index in [4.69, 9.17) is 9.73 Å². The Balaban J connectivity index is 1.39. The van der Waals surface area contributed by atoms with Crippen LogP contribution in [-0.2, 0) is 11.2 Å². The number of aliphatic imine (C=N–C) groups is 1. The summed E-state index contributed by atoms with van der Waals surface area (Å²) in [5.41, 5.74) is 4.03. The molecule has 3 aromatic carbocycles. The molecule has 3 aromatic rings. The first-order chi connectivity index (χ1) is 15.7. The Morgan fingerprint density at radius 3 is 2.59 bits per heavy atom. The molecule has 5 heteroatoms. The molecule has 0 unspecified atom stereocenters. The van der Waals surface area contributed by atoms with Crippen molar-refractivity contribution in [2.75, 3.05) is 26.2 Å². The average molecular weight is 426 g/mol. The van der Waals surface area contributed by atoms with E-state index < -0.39 is 0 Å². The van der Waals surface area contributed by atoms with Gasteiger partial charge in [-0.15, -0.1) is 0 Å². The van der Waals surface area contributed by atoms with Crippen LogP contribution >= 0.6 is 0 Å². The molecule has 2 aliphatic heterocycles. The van der Waals surface area contributed by atoms with E-state index in [1.807, 2.05) is 65.6 Å². The number of nitrogens with zero attached hydrogens (tertiary/aromatic N) is 3. The summed E-state index contributed by atoms with van der Waals surface area (Å²) < 4.78 is 6.26. The second-order valence-corrected chi connectivity index (χ2v) is 8.39. The topological polar surface area (TPSA) is 45.1 Å². The largest absolute Gasteiger partial charge is 0.454 e. The number of hydrogen-bond acceptors (Lipinski definition) is 4. The van der Waals surface area contributed by atoms with Gasteiger partial charge in [-0.1, -0.05) is 48.5 Å². The quantitative estimate of drug-likeness (QED) is 0.583. The monoisotopic (exact) mass is 425 g/mol. The van der Waals surface area contributed by atoms with Gasteiger partial charge in [-0.05, 0) is 48.7 Å². The summed E-state index contributed by atoms with van der Waals surface area (Å²) in [7, 11) is 0. The summed E-state index contributed by atoms with van der Waals surface area (Å²) in [5, 5.41) is 0. The number of benzene rings is 3. The summed E-state index contributed by atoms with van der Waals surface area (Å²) >= 11 is 0. The van der Waals surface area contributed by atoms with E-state index in [-0.39, 0.29) is 5.91 Å². The van der Waals surface area contributed by atoms with E-state index >= 15 is 0 Å². The lowest BCUT2D eigenvalue weighted by atomic mass is 10.1. The minimum Gasteiger partial charge on any atom is -0.454 e. The van der Waals surface area contributed by atoms with Gasteiger partial charge in [0.15, 0.2) is 5.75 Å². The van der Waals surface area contributed by atoms with Crippen LogP contribution in [0.25, 0.3) is 0 Å². The second kappa shape index (κ2) is 8.87. The van der Waals surface area contributed by atoms with Gasteiger partial charge in [-0.2, -0.15) is 0 Å². The Morgan fingerprint density at radius 1 is 0.906 bits per heavy atom. The van der Waals surface area contributed by atoms with Gasteiger partial charge in [0.25, 0.3) is 0 Å². The van der Waals surface area contributed by atoms with Crippen LogP contribution in [0.1, 0.15) is 23.1 Å². The van der Waals surface area contributed by atoms with E-state index in [1.165, 1.54) is 0 Å². The first-order valence-corrected chi connectivity index (χ1v) is 11.2. The molecule has 162 valence electrons. The van der Waals surface area contributed by atoms with Crippen molar-refractivity contribution >= 4 is 17.4 Å². The lowest BCUT2D eigenvalue weighted by molar-refractivity contribution is -0.130. The number of amidine groups is 1. The van der Waals surface area contributed by atoms with Crippen molar-refractivity contribution in [2.24, 2.45) is 4.99 Å². The number of amides is 1. The van der Waals surface area contributed by atoms with Crippen molar-refractivity contribution in [1.82, 2.24) is 9.80 Å². The Labute approximate surface area is 189 Å². The number of carbonyl (C=O) groups is 1. The Bertz CT molecular complexity index is 1160. The molecule has 5 nitrogen and oxygen atoms in total. The predicted octanol–water partition coefficient (Wildman–Crippen LogP) is 4.96. The summed E-state index contributed by atoms with van der Waals surface area (Å²) in [6.07, 6.45) is 1.36. The summed E-state index contributed by atoms with van der Waals surface area (Å²) in [5.74, 6) is 2.70. The highest BCUT2D eigenvalue weighted by Crippen LogP contribution is 2.38. The van der Waals surface area contributed by atoms with Crippen LogP contribution in [0.5, 0.6) is 11.5 Å². The van der Waals surface area contributed by atoms with Crippen molar-refractivity contribution in [1.29, 1.82) is 0 Å². The summed E-state index contributed by atoms with van der Waals surface area (Å²) in [6, 6.07) is 24.2. The Kier molecular flexibility index (Phi) is 5.63. The first kappa shape index (κ1) is 20.3. The number of para-hydroxylation sites is 1. The molecule has 2 heterocycles. The fourth-order valence-corrected chi connectivity index (χ4v) is 4.33. The third kappa shape index (κ3) is 4.24. The molecule has 32 heavy (non-hydrogen) atoms. The van der Waals surface area contributed by atoms with E-state index in [9.17, 15) is 4.79 Å².